The Labute approximate surface area is 250 Å². The van der Waals surface area contributed by atoms with Gasteiger partial charge in [0.1, 0.15) is 11.5 Å². The molecule has 0 saturated heterocycles. The average Bonchev–Trinajstić information content (AvgIpc) is 2.99. The van der Waals surface area contributed by atoms with E-state index in [1.165, 1.54) is 18.2 Å². The number of fused-ring (bicyclic) bond motifs is 2. The number of ether oxygens (including phenoxy) is 2. The van der Waals surface area contributed by atoms with Gasteiger partial charge >= 0.3 is 17.9 Å². The molecule has 2 aromatic carbocycles. The van der Waals surface area contributed by atoms with Crippen molar-refractivity contribution in [3.05, 3.63) is 116 Å². The summed E-state index contributed by atoms with van der Waals surface area (Å²) in [7, 11) is 0. The van der Waals surface area contributed by atoms with Gasteiger partial charge in [-0.1, -0.05) is 48.5 Å². The SMILES string of the molecule is CC(=O)OC1=C(CC(=O)OC2=C(CC(=O)O)CCC3=C2C(=O)c2ccccc2C3=O)CCC2=C1C(=O)c1ccccc1C2=O. The molecule has 4 aliphatic carbocycles. The summed E-state index contributed by atoms with van der Waals surface area (Å²) in [4.78, 5) is 90.9. The number of carboxylic acids is 1. The smallest absolute Gasteiger partial charge is 0.315 e. The Kier molecular flexibility index (Phi) is 7.12. The third-order valence-electron chi connectivity index (χ3n) is 8.07. The van der Waals surface area contributed by atoms with E-state index in [4.69, 9.17) is 9.47 Å². The third-order valence-corrected chi connectivity index (χ3v) is 8.07. The number of hydrogen-bond donors (Lipinski definition) is 1. The van der Waals surface area contributed by atoms with Crippen LogP contribution >= 0.6 is 0 Å². The Morgan fingerprint density at radius 3 is 1.45 bits per heavy atom. The minimum atomic E-state index is -1.21. The molecule has 0 aliphatic heterocycles. The number of aliphatic carboxylic acids is 1. The minimum absolute atomic E-state index is 0.0859. The lowest BCUT2D eigenvalue weighted by molar-refractivity contribution is -0.140. The summed E-state index contributed by atoms with van der Waals surface area (Å²) in [5.41, 5.74) is 1.23. The van der Waals surface area contributed by atoms with Crippen molar-refractivity contribution in [2.24, 2.45) is 0 Å². The van der Waals surface area contributed by atoms with Gasteiger partial charge < -0.3 is 14.6 Å². The highest BCUT2D eigenvalue weighted by molar-refractivity contribution is 6.29. The summed E-state index contributed by atoms with van der Waals surface area (Å²) in [6, 6.07) is 12.5. The van der Waals surface area contributed by atoms with E-state index < -0.39 is 48.1 Å². The lowest BCUT2D eigenvalue weighted by atomic mass is 9.76. The van der Waals surface area contributed by atoms with Crippen LogP contribution in [0, 0.1) is 0 Å². The van der Waals surface area contributed by atoms with Crippen molar-refractivity contribution in [1.82, 2.24) is 0 Å². The number of Topliss-reactive ketones (excluding diaryl/α,β-unsaturated/α-hetero) is 4. The molecular formula is C34H24O10. The van der Waals surface area contributed by atoms with Crippen LogP contribution < -0.4 is 0 Å². The first kappa shape index (κ1) is 28.6. The highest BCUT2D eigenvalue weighted by Crippen LogP contribution is 2.42. The Balaban J connectivity index is 1.38. The van der Waals surface area contributed by atoms with Crippen LogP contribution in [0.3, 0.4) is 0 Å². The van der Waals surface area contributed by atoms with Gasteiger partial charge in [0.15, 0.2) is 23.1 Å². The fraction of sp³-hybridized carbons (Fsp3) is 0.206. The van der Waals surface area contributed by atoms with Gasteiger partial charge in [0.25, 0.3) is 0 Å². The molecule has 0 aromatic heterocycles. The molecule has 10 heteroatoms. The Morgan fingerprint density at radius 2 is 1.02 bits per heavy atom. The second kappa shape index (κ2) is 11.0. The van der Waals surface area contributed by atoms with Gasteiger partial charge in [-0.05, 0) is 36.8 Å². The van der Waals surface area contributed by atoms with Crippen LogP contribution in [0.25, 0.3) is 0 Å². The van der Waals surface area contributed by atoms with E-state index in [-0.39, 0.29) is 98.7 Å². The number of carbonyl (C=O) groups excluding carboxylic acids is 6. The molecule has 0 bridgehead atoms. The first-order valence-electron chi connectivity index (χ1n) is 14.0. The van der Waals surface area contributed by atoms with Crippen LogP contribution in [-0.2, 0) is 23.9 Å². The maximum atomic E-state index is 13.6. The number of ketones is 4. The summed E-state index contributed by atoms with van der Waals surface area (Å²) in [5.74, 6) is -5.20. The minimum Gasteiger partial charge on any atom is -0.481 e. The van der Waals surface area contributed by atoms with Crippen molar-refractivity contribution in [1.29, 1.82) is 0 Å². The van der Waals surface area contributed by atoms with Gasteiger partial charge in [-0.3, -0.25) is 33.6 Å². The monoisotopic (exact) mass is 592 g/mol. The topological polar surface area (TPSA) is 158 Å². The number of carboxylic acid groups (broad SMARTS) is 1. The van der Waals surface area contributed by atoms with Crippen LogP contribution in [0.1, 0.15) is 86.9 Å². The van der Waals surface area contributed by atoms with Gasteiger partial charge in [-0.15, -0.1) is 0 Å². The van der Waals surface area contributed by atoms with E-state index in [2.05, 4.69) is 0 Å². The third kappa shape index (κ3) is 4.74. The first-order valence-corrected chi connectivity index (χ1v) is 14.0. The molecule has 220 valence electrons. The Bertz CT molecular complexity index is 1900. The molecule has 4 aliphatic rings. The predicted octanol–water partition coefficient (Wildman–Crippen LogP) is 4.80. The molecule has 0 radical (unpaired) electrons. The molecule has 0 unspecified atom stereocenters. The zero-order valence-electron chi connectivity index (χ0n) is 23.5. The van der Waals surface area contributed by atoms with Gasteiger partial charge in [-0.25, -0.2) is 0 Å². The zero-order chi connectivity index (χ0) is 31.3. The fourth-order valence-corrected chi connectivity index (χ4v) is 6.18. The van der Waals surface area contributed by atoms with Crippen molar-refractivity contribution in [2.45, 2.75) is 45.4 Å². The van der Waals surface area contributed by atoms with Gasteiger partial charge in [0.05, 0.1) is 24.0 Å². The largest absolute Gasteiger partial charge is 0.481 e. The second-order valence-electron chi connectivity index (χ2n) is 10.8. The first-order chi connectivity index (χ1) is 21.1. The summed E-state index contributed by atoms with van der Waals surface area (Å²) in [6.45, 7) is 1.13. The highest BCUT2D eigenvalue weighted by atomic mass is 16.5. The maximum absolute atomic E-state index is 13.6. The molecule has 1 N–H and O–H groups in total. The molecule has 2 aromatic rings. The lowest BCUT2D eigenvalue weighted by Crippen LogP contribution is -2.29. The van der Waals surface area contributed by atoms with Gasteiger partial charge in [-0.2, -0.15) is 0 Å². The van der Waals surface area contributed by atoms with E-state index in [9.17, 15) is 38.7 Å². The molecule has 0 fully saturated rings. The molecule has 0 saturated carbocycles. The zero-order valence-corrected chi connectivity index (χ0v) is 23.5. The van der Waals surface area contributed by atoms with E-state index in [0.717, 1.165) is 6.92 Å². The summed E-state index contributed by atoms with van der Waals surface area (Å²) in [5, 5.41) is 9.53. The van der Waals surface area contributed by atoms with Crippen molar-refractivity contribution in [3.63, 3.8) is 0 Å². The van der Waals surface area contributed by atoms with Crippen LogP contribution in [0.15, 0.2) is 93.5 Å². The quantitative estimate of drug-likeness (QED) is 0.462. The van der Waals surface area contributed by atoms with Crippen molar-refractivity contribution in [2.75, 3.05) is 0 Å². The van der Waals surface area contributed by atoms with Gasteiger partial charge in [0, 0.05) is 40.3 Å². The van der Waals surface area contributed by atoms with Crippen LogP contribution in [0.2, 0.25) is 0 Å². The number of allylic oxidation sites excluding steroid dienone is 4. The number of benzene rings is 2. The van der Waals surface area contributed by atoms with Crippen LogP contribution in [0.4, 0.5) is 0 Å². The summed E-state index contributed by atoms with van der Waals surface area (Å²) >= 11 is 0. The maximum Gasteiger partial charge on any atom is 0.315 e. The predicted molar refractivity (Wildman–Crippen MR) is 152 cm³/mol. The van der Waals surface area contributed by atoms with Crippen molar-refractivity contribution >= 4 is 41.0 Å². The Hall–Kier alpha value is -5.51. The number of esters is 2. The van der Waals surface area contributed by atoms with Crippen LogP contribution in [0.5, 0.6) is 0 Å². The molecule has 10 nitrogen and oxygen atoms in total. The highest BCUT2D eigenvalue weighted by Gasteiger charge is 2.41. The standard InChI is InChI=1S/C34H24O10/c1-16(35)43-33-18(11-13-23-27(33)31(41)21-8-4-2-6-19(21)29(23)39)15-26(38)44-34-17(14-25(36)37)10-12-24-28(34)32(42)22-9-5-3-7-20(22)30(24)40/h2-9H,10-15H2,1H3,(H,36,37). The van der Waals surface area contributed by atoms with Crippen molar-refractivity contribution < 1.29 is 48.1 Å². The second-order valence-corrected chi connectivity index (χ2v) is 10.8. The molecule has 0 amide bonds. The molecule has 0 atom stereocenters. The molecule has 0 spiro atoms. The number of carbonyl (C=O) groups is 7. The van der Waals surface area contributed by atoms with Crippen LogP contribution in [-0.4, -0.2) is 46.1 Å². The summed E-state index contributed by atoms with van der Waals surface area (Å²) in [6.07, 6.45) is -0.619. The average molecular weight is 593 g/mol. The Morgan fingerprint density at radius 1 is 0.614 bits per heavy atom. The van der Waals surface area contributed by atoms with E-state index >= 15 is 0 Å². The molecular weight excluding hydrogens is 568 g/mol. The fourth-order valence-electron chi connectivity index (χ4n) is 6.18. The summed E-state index contributed by atoms with van der Waals surface area (Å²) < 4.78 is 11.1. The molecule has 44 heavy (non-hydrogen) atoms. The van der Waals surface area contributed by atoms with E-state index in [0.29, 0.717) is 0 Å². The molecule has 0 heterocycles. The van der Waals surface area contributed by atoms with Gasteiger partial charge in [0.2, 0.25) is 0 Å². The number of hydrogen-bond acceptors (Lipinski definition) is 9. The van der Waals surface area contributed by atoms with E-state index in [1.54, 1.807) is 30.3 Å². The van der Waals surface area contributed by atoms with Crippen molar-refractivity contribution in [3.8, 4) is 0 Å². The van der Waals surface area contributed by atoms with E-state index in [1.807, 2.05) is 0 Å². The normalized spacial score (nSPS) is 17.7. The number of rotatable bonds is 6. The lowest BCUT2D eigenvalue weighted by Gasteiger charge is -2.29. The molecule has 6 rings (SSSR count).